The summed E-state index contributed by atoms with van der Waals surface area (Å²) < 4.78 is 0. The maximum atomic E-state index is 5.97. The highest BCUT2D eigenvalue weighted by Crippen LogP contribution is 2.32. The molecule has 2 bridgehead atoms. The first-order chi connectivity index (χ1) is 5.81. The Morgan fingerprint density at radius 1 is 1.42 bits per heavy atom. The predicted octanol–water partition coefficient (Wildman–Crippen LogP) is 0.984. The van der Waals surface area contributed by atoms with Crippen molar-refractivity contribution in [2.45, 2.75) is 31.3 Å². The average molecular weight is 166 g/mol. The van der Waals surface area contributed by atoms with Crippen molar-refractivity contribution in [2.75, 3.05) is 13.1 Å². The third kappa shape index (κ3) is 1.29. The van der Waals surface area contributed by atoms with Crippen LogP contribution in [0.2, 0.25) is 0 Å². The van der Waals surface area contributed by atoms with Crippen molar-refractivity contribution in [1.29, 1.82) is 0 Å². The van der Waals surface area contributed by atoms with Crippen LogP contribution in [0.3, 0.4) is 0 Å². The maximum absolute atomic E-state index is 5.97. The van der Waals surface area contributed by atoms with E-state index in [0.29, 0.717) is 6.04 Å². The van der Waals surface area contributed by atoms with Crippen LogP contribution in [0, 0.1) is 5.92 Å². The number of nitrogens with two attached hydrogens (primary N) is 1. The highest BCUT2D eigenvalue weighted by molar-refractivity contribution is 4.99. The van der Waals surface area contributed by atoms with Gasteiger partial charge in [0.15, 0.2) is 0 Å². The van der Waals surface area contributed by atoms with Crippen molar-refractivity contribution in [3.05, 3.63) is 12.7 Å². The van der Waals surface area contributed by atoms with Crippen LogP contribution in [0.5, 0.6) is 0 Å². The summed E-state index contributed by atoms with van der Waals surface area (Å²) in [5.41, 5.74) is 5.97. The summed E-state index contributed by atoms with van der Waals surface area (Å²) in [5.74, 6) is 0.950. The standard InChI is InChI=1S/C10H18N2/c1-2-9(11)10-7-8-3-5-12(10)6-4-8/h2,8-10H,1,3-7,11H2. The van der Waals surface area contributed by atoms with Gasteiger partial charge in [0, 0.05) is 12.1 Å². The number of hydrogen-bond donors (Lipinski definition) is 1. The van der Waals surface area contributed by atoms with Crippen LogP contribution < -0.4 is 5.73 Å². The molecule has 3 rings (SSSR count). The van der Waals surface area contributed by atoms with Gasteiger partial charge in [-0.2, -0.15) is 0 Å². The van der Waals surface area contributed by atoms with Gasteiger partial charge in [-0.25, -0.2) is 0 Å². The highest BCUT2D eigenvalue weighted by Gasteiger charge is 2.35. The van der Waals surface area contributed by atoms with Crippen molar-refractivity contribution in [1.82, 2.24) is 4.90 Å². The van der Waals surface area contributed by atoms with Crippen molar-refractivity contribution in [3.63, 3.8) is 0 Å². The largest absolute Gasteiger partial charge is 0.323 e. The van der Waals surface area contributed by atoms with Gasteiger partial charge in [0.1, 0.15) is 0 Å². The lowest BCUT2D eigenvalue weighted by molar-refractivity contribution is 0.0434. The fraction of sp³-hybridized carbons (Fsp3) is 0.800. The summed E-state index contributed by atoms with van der Waals surface area (Å²) in [4.78, 5) is 2.53. The smallest absolute Gasteiger partial charge is 0.0379 e. The van der Waals surface area contributed by atoms with Crippen molar-refractivity contribution >= 4 is 0 Å². The van der Waals surface area contributed by atoms with Gasteiger partial charge in [-0.3, -0.25) is 4.90 Å². The molecule has 0 saturated carbocycles. The Labute approximate surface area is 74.4 Å². The van der Waals surface area contributed by atoms with E-state index >= 15 is 0 Å². The van der Waals surface area contributed by atoms with Crippen molar-refractivity contribution < 1.29 is 0 Å². The van der Waals surface area contributed by atoms with E-state index in [1.165, 1.54) is 32.4 Å². The molecule has 0 radical (unpaired) electrons. The van der Waals surface area contributed by atoms with Gasteiger partial charge >= 0.3 is 0 Å². The summed E-state index contributed by atoms with van der Waals surface area (Å²) in [5, 5.41) is 0. The lowest BCUT2D eigenvalue weighted by atomic mass is 9.81. The van der Waals surface area contributed by atoms with Crippen LogP contribution in [0.4, 0.5) is 0 Å². The summed E-state index contributed by atoms with van der Waals surface area (Å²) in [6.07, 6.45) is 5.97. The van der Waals surface area contributed by atoms with Crippen molar-refractivity contribution in [2.24, 2.45) is 11.7 Å². The Bertz CT molecular complexity index is 171. The summed E-state index contributed by atoms with van der Waals surface area (Å²) in [6.45, 7) is 6.29. The predicted molar refractivity (Wildman–Crippen MR) is 50.9 cm³/mol. The first kappa shape index (κ1) is 8.27. The minimum Gasteiger partial charge on any atom is -0.323 e. The van der Waals surface area contributed by atoms with Gasteiger partial charge in [-0.15, -0.1) is 6.58 Å². The molecule has 0 aromatic heterocycles. The Kier molecular flexibility index (Phi) is 2.20. The molecule has 0 aromatic rings. The Hall–Kier alpha value is -0.340. The van der Waals surface area contributed by atoms with Gasteiger partial charge in [-0.1, -0.05) is 6.08 Å². The molecule has 0 aliphatic carbocycles. The molecule has 2 unspecified atom stereocenters. The molecule has 3 aliphatic heterocycles. The molecular weight excluding hydrogens is 148 g/mol. The molecule has 3 aliphatic rings. The van der Waals surface area contributed by atoms with Gasteiger partial charge in [-0.05, 0) is 38.3 Å². The van der Waals surface area contributed by atoms with Crippen molar-refractivity contribution in [3.8, 4) is 0 Å². The normalized spacial score (nSPS) is 42.6. The van der Waals surface area contributed by atoms with Crippen LogP contribution in [0.15, 0.2) is 12.7 Å². The van der Waals surface area contributed by atoms with Crippen LogP contribution >= 0.6 is 0 Å². The third-order valence-electron chi connectivity index (χ3n) is 3.41. The molecule has 2 heteroatoms. The molecule has 2 nitrogen and oxygen atoms in total. The lowest BCUT2D eigenvalue weighted by Crippen LogP contribution is -2.55. The number of rotatable bonds is 2. The second-order valence-electron chi connectivity index (χ2n) is 4.10. The number of piperidine rings is 3. The molecule has 68 valence electrons. The average Bonchev–Trinajstić information content (AvgIpc) is 2.18. The minimum atomic E-state index is 0.188. The topological polar surface area (TPSA) is 29.3 Å². The monoisotopic (exact) mass is 166 g/mol. The van der Waals surface area contributed by atoms with Crippen LogP contribution in [0.1, 0.15) is 19.3 Å². The Balaban J connectivity index is 2.03. The SMILES string of the molecule is C=CC(N)C1CC2CCN1CC2. The Morgan fingerprint density at radius 2 is 2.08 bits per heavy atom. The van der Waals surface area contributed by atoms with Gasteiger partial charge in [0.05, 0.1) is 0 Å². The van der Waals surface area contributed by atoms with E-state index < -0.39 is 0 Å². The van der Waals surface area contributed by atoms with Gasteiger partial charge in [0.25, 0.3) is 0 Å². The number of fused-ring (bicyclic) bond motifs is 3. The zero-order valence-corrected chi connectivity index (χ0v) is 7.58. The summed E-state index contributed by atoms with van der Waals surface area (Å²) in [6, 6.07) is 0.781. The quantitative estimate of drug-likeness (QED) is 0.620. The van der Waals surface area contributed by atoms with E-state index in [4.69, 9.17) is 5.73 Å². The molecule has 2 N–H and O–H groups in total. The van der Waals surface area contributed by atoms with Crippen LogP contribution in [-0.2, 0) is 0 Å². The molecule has 3 saturated heterocycles. The van der Waals surface area contributed by atoms with E-state index in [9.17, 15) is 0 Å². The maximum Gasteiger partial charge on any atom is 0.0379 e. The molecule has 3 fully saturated rings. The van der Waals surface area contributed by atoms with Crippen LogP contribution in [0.25, 0.3) is 0 Å². The molecule has 0 spiro atoms. The molecule has 0 aromatic carbocycles. The van der Waals surface area contributed by atoms with E-state index in [-0.39, 0.29) is 6.04 Å². The summed E-state index contributed by atoms with van der Waals surface area (Å²) >= 11 is 0. The summed E-state index contributed by atoms with van der Waals surface area (Å²) in [7, 11) is 0. The first-order valence-electron chi connectivity index (χ1n) is 4.93. The number of nitrogens with zero attached hydrogens (tertiary/aromatic N) is 1. The zero-order valence-electron chi connectivity index (χ0n) is 7.58. The Morgan fingerprint density at radius 3 is 2.50 bits per heavy atom. The first-order valence-corrected chi connectivity index (χ1v) is 4.93. The minimum absolute atomic E-state index is 0.188. The second kappa shape index (κ2) is 3.19. The molecule has 12 heavy (non-hydrogen) atoms. The zero-order chi connectivity index (χ0) is 8.55. The van der Waals surface area contributed by atoms with E-state index in [1.807, 2.05) is 6.08 Å². The lowest BCUT2D eigenvalue weighted by Gasteiger charge is -2.47. The molecule has 2 atom stereocenters. The van der Waals surface area contributed by atoms with E-state index in [1.54, 1.807) is 0 Å². The van der Waals surface area contributed by atoms with Crippen LogP contribution in [-0.4, -0.2) is 30.1 Å². The highest BCUT2D eigenvalue weighted by atomic mass is 15.2. The molecule has 0 amide bonds. The second-order valence-corrected chi connectivity index (χ2v) is 4.10. The fourth-order valence-electron chi connectivity index (χ4n) is 2.57. The molecule has 3 heterocycles. The van der Waals surface area contributed by atoms with E-state index in [0.717, 1.165) is 5.92 Å². The third-order valence-corrected chi connectivity index (χ3v) is 3.41. The van der Waals surface area contributed by atoms with E-state index in [2.05, 4.69) is 11.5 Å². The van der Waals surface area contributed by atoms with Gasteiger partial charge in [0.2, 0.25) is 0 Å². The molecular formula is C10H18N2. The van der Waals surface area contributed by atoms with Gasteiger partial charge < -0.3 is 5.73 Å². The number of hydrogen-bond acceptors (Lipinski definition) is 2. The fourth-order valence-corrected chi connectivity index (χ4v) is 2.57.